The van der Waals surface area contributed by atoms with Crippen LogP contribution in [-0.4, -0.2) is 284 Å². The SMILES string of the molecule is CC(C)C[C@H](NC(=O)[C@H](CCC(N)=O)NC(=O)[C@H](CCC(N)=O)NC(=O)[C@H](CCC(N)=O)NC(=O)[C@@H](N)CC(=O)O)C(=O)N[C@@H](CCC(N)=O)C(=O)N[C@@H](CC(C)C)C(=O)N[C@@H](CO)C(=O)N1CCC[C@H]1C(=O)N[C@@H](CC(C)C)C(=O)N[C@@H](CCCCN)C(=O)N[C@@H](CCCN=C(N)N)C(=O)N[C@@H](CC(C)C)C(=O)N[C@H](C(=O)N[C@@H](CC(C)C)C(=O)N[C@@H](C)C(=O)O)[C@@H](C)O. The number of aliphatic imine (C=N–C) groups is 1. The number of primary amides is 4. The number of carboxylic acids is 2. The van der Waals surface area contributed by atoms with Crippen molar-refractivity contribution in [1.82, 2.24) is 79.3 Å². The smallest absolute Gasteiger partial charge is 0.325 e. The number of nitrogens with zero attached hydrogens (tertiary/aromatic N) is 2. The highest BCUT2D eigenvalue weighted by atomic mass is 16.4. The monoisotopic (exact) mass is 1850 g/mol. The van der Waals surface area contributed by atoms with Gasteiger partial charge >= 0.3 is 11.9 Å². The summed E-state index contributed by atoms with van der Waals surface area (Å²) in [5.74, 6) is -24.2. The molecule has 49 heteroatoms. The molecule has 0 aromatic carbocycles. The summed E-state index contributed by atoms with van der Waals surface area (Å²) >= 11 is 0. The van der Waals surface area contributed by atoms with Gasteiger partial charge in [-0.05, 0) is 153 Å². The van der Waals surface area contributed by atoms with Crippen molar-refractivity contribution in [2.45, 2.75) is 321 Å². The van der Waals surface area contributed by atoms with Crippen molar-refractivity contribution < 1.29 is 121 Å². The Bertz CT molecular complexity index is 3900. The average molecular weight is 1850 g/mol. The van der Waals surface area contributed by atoms with Crippen molar-refractivity contribution in [3.05, 3.63) is 0 Å². The largest absolute Gasteiger partial charge is 0.481 e. The van der Waals surface area contributed by atoms with Gasteiger partial charge in [0, 0.05) is 38.8 Å². The zero-order valence-corrected chi connectivity index (χ0v) is 76.3. The fourth-order valence-electron chi connectivity index (χ4n) is 13.5. The number of nitrogens with two attached hydrogens (primary N) is 8. The molecule has 0 aromatic heterocycles. The molecule has 1 fully saturated rings. The standard InChI is InChI=1S/C81H142N24O25/c1-38(2)31-52(72(121)91-43(11)80(129)130)102-78(127)64(44(12)107)104-76(125)56(35-42(9)10)100-67(116)47(18-15-29-90-81(88)89)93-66(115)46(17-13-14-28-82)94-74(123)55(34-41(7)8)101-77(126)58-19-16-30-105(58)79(128)57(37-106)103-75(124)54(33-40(5)6)99-71(120)51(23-27-62(87)111)97-73(122)53(32-39(3)4)98-70(119)50(22-26-61(86)110)96-69(118)49(21-25-60(85)109)95-68(117)48(20-24-59(84)108)92-65(114)45(83)36-63(112)113/h38-58,64,106-107H,13-37,82-83H2,1-12H3,(H2,84,108)(H2,85,109)(H2,86,110)(H2,87,111)(H,91,121)(H,92,114)(H,93,115)(H,94,123)(H,95,117)(H,96,118)(H,97,122)(H,98,119)(H,99,120)(H,100,116)(H,101,126)(H,102,127)(H,103,124)(H,104,125)(H,112,113)(H,129,130)(H4,88,89,90)/t43-,44+,45-,46-,47-,48-,49-,50-,51-,52-,53-,54-,55-,56-,57-,58-,64-/m0/s1. The summed E-state index contributed by atoms with van der Waals surface area (Å²) in [5, 5.41) is 74.9. The van der Waals surface area contributed by atoms with Gasteiger partial charge in [0.1, 0.15) is 90.6 Å². The zero-order chi connectivity index (χ0) is 99.3. The summed E-state index contributed by atoms with van der Waals surface area (Å²) in [4.78, 5) is 290. The van der Waals surface area contributed by atoms with Crippen LogP contribution in [0, 0.1) is 29.6 Å². The van der Waals surface area contributed by atoms with Crippen molar-refractivity contribution in [1.29, 1.82) is 0 Å². The molecule has 0 aliphatic carbocycles. The molecular weight excluding hydrogens is 1710 g/mol. The normalized spacial score (nSPS) is 16.2. The molecule has 1 rings (SSSR count). The first-order valence-corrected chi connectivity index (χ1v) is 43.6. The fourth-order valence-corrected chi connectivity index (χ4v) is 13.5. The molecule has 736 valence electrons. The Balaban J connectivity index is 3.74. The average Bonchev–Trinajstić information content (AvgIpc) is 1.67. The molecule has 0 saturated carbocycles. The number of aliphatic carboxylic acids is 2. The first-order valence-electron chi connectivity index (χ1n) is 43.6. The van der Waals surface area contributed by atoms with Crippen molar-refractivity contribution in [3.8, 4) is 0 Å². The minimum Gasteiger partial charge on any atom is -0.481 e. The Hall–Kier alpha value is -12.0. The second-order valence-electron chi connectivity index (χ2n) is 34.5. The summed E-state index contributed by atoms with van der Waals surface area (Å²) in [6.45, 7) is 18.2. The number of amides is 19. The first-order chi connectivity index (χ1) is 60.6. The summed E-state index contributed by atoms with van der Waals surface area (Å²) in [6.07, 6.45) is -6.96. The first kappa shape index (κ1) is 116. The topological polar surface area (TPSA) is 832 Å². The van der Waals surface area contributed by atoms with Crippen LogP contribution >= 0.6 is 0 Å². The Labute approximate surface area is 755 Å². The van der Waals surface area contributed by atoms with Crippen molar-refractivity contribution >= 4 is 130 Å². The summed E-state index contributed by atoms with van der Waals surface area (Å²) < 4.78 is 0. The number of rotatable bonds is 64. The van der Waals surface area contributed by atoms with Crippen LogP contribution in [0.2, 0.25) is 0 Å². The second-order valence-corrected chi connectivity index (χ2v) is 34.5. The molecule has 19 amide bonds. The van der Waals surface area contributed by atoms with E-state index in [2.05, 4.69) is 79.4 Å². The number of aliphatic hydroxyl groups is 2. The number of guanidine groups is 1. The van der Waals surface area contributed by atoms with E-state index in [1.807, 2.05) is 0 Å². The molecule has 0 radical (unpaired) electrons. The minimum atomic E-state index is -1.81. The second kappa shape index (κ2) is 59.2. The number of aliphatic hydroxyl groups excluding tert-OH is 2. The van der Waals surface area contributed by atoms with Gasteiger partial charge < -0.3 is 146 Å². The molecule has 0 aromatic rings. The lowest BCUT2D eigenvalue weighted by Gasteiger charge is -2.31. The third-order valence-corrected chi connectivity index (χ3v) is 20.3. The van der Waals surface area contributed by atoms with Gasteiger partial charge in [-0.25, -0.2) is 0 Å². The Morgan fingerprint density at radius 2 is 0.662 bits per heavy atom. The number of hydrogen-bond acceptors (Lipinski definition) is 26. The minimum absolute atomic E-state index is 0.00643. The Kier molecular flexibility index (Phi) is 52.9. The maximum Gasteiger partial charge on any atom is 0.325 e. The number of carboxylic acid groups (broad SMARTS) is 2. The molecule has 0 bridgehead atoms. The lowest BCUT2D eigenvalue weighted by Crippen LogP contribution is -2.62. The maximum absolute atomic E-state index is 14.7. The number of nitrogens with one attached hydrogen (secondary N) is 14. The van der Waals surface area contributed by atoms with Gasteiger partial charge in [-0.3, -0.25) is 106 Å². The highest BCUT2D eigenvalue weighted by Gasteiger charge is 2.43. The molecule has 0 spiro atoms. The van der Waals surface area contributed by atoms with Gasteiger partial charge in [0.15, 0.2) is 5.96 Å². The van der Waals surface area contributed by atoms with Crippen LogP contribution in [0.1, 0.15) is 218 Å². The van der Waals surface area contributed by atoms with E-state index in [9.17, 15) is 116 Å². The van der Waals surface area contributed by atoms with E-state index in [0.717, 1.165) is 4.90 Å². The number of carbonyl (C=O) groups excluding carboxylic acids is 19. The lowest BCUT2D eigenvalue weighted by molar-refractivity contribution is -0.143. The van der Waals surface area contributed by atoms with E-state index in [1.165, 1.54) is 13.8 Å². The van der Waals surface area contributed by atoms with E-state index in [0.29, 0.717) is 6.42 Å². The van der Waals surface area contributed by atoms with E-state index in [1.54, 1.807) is 69.2 Å². The molecule has 130 heavy (non-hydrogen) atoms. The third kappa shape index (κ3) is 45.3. The van der Waals surface area contributed by atoms with E-state index < -0.39 is 303 Å². The molecule has 1 aliphatic rings. The van der Waals surface area contributed by atoms with Gasteiger partial charge in [-0.1, -0.05) is 69.2 Å². The highest BCUT2D eigenvalue weighted by Crippen LogP contribution is 2.22. The van der Waals surface area contributed by atoms with Crippen molar-refractivity contribution in [3.63, 3.8) is 0 Å². The zero-order valence-electron chi connectivity index (χ0n) is 76.3. The molecule has 49 nitrogen and oxygen atoms in total. The van der Waals surface area contributed by atoms with Crippen LogP contribution in [0.25, 0.3) is 0 Å². The number of carbonyl (C=O) groups is 21. The van der Waals surface area contributed by atoms with Crippen LogP contribution in [0.15, 0.2) is 4.99 Å². The third-order valence-electron chi connectivity index (χ3n) is 20.3. The van der Waals surface area contributed by atoms with Crippen molar-refractivity contribution in [2.24, 2.45) is 80.5 Å². The van der Waals surface area contributed by atoms with Crippen LogP contribution in [0.4, 0.5) is 0 Å². The van der Waals surface area contributed by atoms with Crippen LogP contribution in [0.5, 0.6) is 0 Å². The molecular formula is C81H142N24O25. The molecule has 1 aliphatic heterocycles. The maximum atomic E-state index is 14.7. The van der Waals surface area contributed by atoms with Gasteiger partial charge in [0.05, 0.1) is 25.2 Å². The Morgan fingerprint density at radius 1 is 0.369 bits per heavy atom. The van der Waals surface area contributed by atoms with Crippen LogP contribution in [-0.2, 0) is 101 Å². The summed E-state index contributed by atoms with van der Waals surface area (Å²) in [7, 11) is 0. The fraction of sp³-hybridized carbons (Fsp3) is 0.728. The van der Waals surface area contributed by atoms with E-state index >= 15 is 0 Å². The highest BCUT2D eigenvalue weighted by molar-refractivity contribution is 6.02. The summed E-state index contributed by atoms with van der Waals surface area (Å²) in [6, 6.07) is -25.3. The predicted molar refractivity (Wildman–Crippen MR) is 468 cm³/mol. The van der Waals surface area contributed by atoms with Gasteiger partial charge in [-0.15, -0.1) is 0 Å². The number of likely N-dealkylation sites (tertiary alicyclic amines) is 1. The molecule has 1 heterocycles. The quantitative estimate of drug-likeness (QED) is 0.0153. The molecule has 17 atom stereocenters. The van der Waals surface area contributed by atoms with Gasteiger partial charge in [-0.2, -0.15) is 0 Å². The Morgan fingerprint density at radius 3 is 0.969 bits per heavy atom. The molecule has 34 N–H and O–H groups in total. The number of hydrogen-bond donors (Lipinski definition) is 26. The lowest BCUT2D eigenvalue weighted by atomic mass is 10.00. The van der Waals surface area contributed by atoms with E-state index in [4.69, 9.17) is 51.0 Å². The van der Waals surface area contributed by atoms with Gasteiger partial charge in [0.25, 0.3) is 0 Å². The number of unbranched alkanes of at least 4 members (excludes halogenated alkanes) is 1. The predicted octanol–water partition coefficient (Wildman–Crippen LogP) is -8.48. The van der Waals surface area contributed by atoms with Gasteiger partial charge in [0.2, 0.25) is 112 Å². The van der Waals surface area contributed by atoms with Crippen LogP contribution < -0.4 is 120 Å². The molecule has 1 saturated heterocycles. The summed E-state index contributed by atoms with van der Waals surface area (Å²) in [5.41, 5.74) is 44.3. The van der Waals surface area contributed by atoms with Crippen molar-refractivity contribution in [2.75, 3.05) is 26.2 Å². The molecule has 0 unspecified atom stereocenters. The van der Waals surface area contributed by atoms with E-state index in [-0.39, 0.29) is 114 Å². The van der Waals surface area contributed by atoms with Crippen LogP contribution in [0.3, 0.4) is 0 Å².